The van der Waals surface area contributed by atoms with E-state index in [-0.39, 0.29) is 35.8 Å². The zero-order chi connectivity index (χ0) is 16.0. The Morgan fingerprint density at radius 3 is 2.83 bits per heavy atom. The lowest BCUT2D eigenvalue weighted by Crippen LogP contribution is -2.82. The van der Waals surface area contributed by atoms with E-state index in [4.69, 9.17) is 22.1 Å². The summed E-state index contributed by atoms with van der Waals surface area (Å²) < 4.78 is 5.84. The Labute approximate surface area is 148 Å². The van der Waals surface area contributed by atoms with Gasteiger partial charge >= 0.3 is 0 Å². The highest BCUT2D eigenvalue weighted by Crippen LogP contribution is 2.57. The van der Waals surface area contributed by atoms with Gasteiger partial charge in [-0.3, -0.25) is 4.79 Å². The molecule has 1 aromatic rings. The first-order valence-corrected chi connectivity index (χ1v) is 8.19. The number of rotatable bonds is 3. The number of fused-ring (bicyclic) bond motifs is 1. The summed E-state index contributed by atoms with van der Waals surface area (Å²) in [5.41, 5.74) is 6.22. The fourth-order valence-electron chi connectivity index (χ4n) is 4.00. The lowest BCUT2D eigenvalue weighted by atomic mass is 9.46. The third kappa shape index (κ3) is 2.76. The highest BCUT2D eigenvalue weighted by Gasteiger charge is 2.70. The third-order valence-electron chi connectivity index (χ3n) is 5.46. The van der Waals surface area contributed by atoms with E-state index in [0.717, 1.165) is 25.0 Å². The average molecular weight is 359 g/mol. The van der Waals surface area contributed by atoms with Crippen molar-refractivity contribution in [3.63, 3.8) is 0 Å². The van der Waals surface area contributed by atoms with Crippen LogP contribution < -0.4 is 11.1 Å². The molecule has 2 aliphatic rings. The van der Waals surface area contributed by atoms with Crippen molar-refractivity contribution in [3.8, 4) is 0 Å². The predicted molar refractivity (Wildman–Crippen MR) is 93.7 cm³/mol. The van der Waals surface area contributed by atoms with Gasteiger partial charge in [0, 0.05) is 29.5 Å². The molecule has 1 aliphatic carbocycles. The van der Waals surface area contributed by atoms with Gasteiger partial charge in [0.1, 0.15) is 5.54 Å². The van der Waals surface area contributed by atoms with Gasteiger partial charge in [0.2, 0.25) is 5.91 Å². The van der Waals surface area contributed by atoms with Crippen LogP contribution in [0.2, 0.25) is 5.02 Å². The minimum Gasteiger partial charge on any atom is -0.377 e. The molecule has 1 aromatic carbocycles. The summed E-state index contributed by atoms with van der Waals surface area (Å²) in [5, 5.41) is 3.62. The third-order valence-corrected chi connectivity index (χ3v) is 5.83. The lowest BCUT2D eigenvalue weighted by Gasteiger charge is -2.65. The number of nitrogens with one attached hydrogen (secondary N) is 1. The van der Waals surface area contributed by atoms with Crippen molar-refractivity contribution < 1.29 is 9.53 Å². The number of carbonyl (C=O) groups is 1. The van der Waals surface area contributed by atoms with Crippen molar-refractivity contribution >= 4 is 29.9 Å². The zero-order valence-electron chi connectivity index (χ0n) is 13.5. The highest BCUT2D eigenvalue weighted by molar-refractivity contribution is 6.31. The fraction of sp³-hybridized carbons (Fsp3) is 0.588. The number of amides is 1. The Morgan fingerprint density at radius 1 is 1.43 bits per heavy atom. The van der Waals surface area contributed by atoms with Crippen LogP contribution in [0.1, 0.15) is 32.3 Å². The second kappa shape index (κ2) is 6.60. The molecule has 0 radical (unpaired) electrons. The second-order valence-electron chi connectivity index (χ2n) is 6.90. The van der Waals surface area contributed by atoms with Crippen LogP contribution in [0.25, 0.3) is 0 Å². The van der Waals surface area contributed by atoms with E-state index in [0.29, 0.717) is 11.6 Å². The summed E-state index contributed by atoms with van der Waals surface area (Å²) in [7, 11) is 0. The molecular weight excluding hydrogens is 335 g/mol. The van der Waals surface area contributed by atoms with Crippen molar-refractivity contribution in [2.45, 2.75) is 44.9 Å². The highest BCUT2D eigenvalue weighted by atomic mass is 35.5. The summed E-state index contributed by atoms with van der Waals surface area (Å²) in [5.74, 6) is -0.00772. The molecule has 1 amide bonds. The van der Waals surface area contributed by atoms with E-state index in [9.17, 15) is 4.79 Å². The van der Waals surface area contributed by atoms with Crippen LogP contribution in [0.3, 0.4) is 0 Å². The smallest absolute Gasteiger partial charge is 0.241 e. The van der Waals surface area contributed by atoms with Crippen LogP contribution in [-0.2, 0) is 16.1 Å². The second-order valence-corrected chi connectivity index (χ2v) is 7.31. The Balaban J connectivity index is 0.00000192. The van der Waals surface area contributed by atoms with Gasteiger partial charge in [-0.2, -0.15) is 0 Å². The number of hydrogen-bond acceptors (Lipinski definition) is 3. The molecule has 4 nitrogen and oxygen atoms in total. The van der Waals surface area contributed by atoms with E-state index in [2.05, 4.69) is 5.32 Å². The maximum atomic E-state index is 12.8. The number of nitrogens with two attached hydrogens (primary N) is 1. The van der Waals surface area contributed by atoms with Crippen molar-refractivity contribution in [2.75, 3.05) is 6.61 Å². The zero-order valence-corrected chi connectivity index (χ0v) is 15.0. The van der Waals surface area contributed by atoms with Crippen LogP contribution >= 0.6 is 24.0 Å². The molecule has 3 rings (SSSR count). The van der Waals surface area contributed by atoms with Crippen molar-refractivity contribution in [2.24, 2.45) is 17.1 Å². The van der Waals surface area contributed by atoms with E-state index in [1.807, 2.05) is 38.1 Å². The van der Waals surface area contributed by atoms with Gasteiger partial charge in [0.25, 0.3) is 0 Å². The Bertz CT molecular complexity index is 594. The summed E-state index contributed by atoms with van der Waals surface area (Å²) in [6.45, 7) is 5.21. The van der Waals surface area contributed by atoms with Gasteiger partial charge in [0.15, 0.2) is 0 Å². The summed E-state index contributed by atoms with van der Waals surface area (Å²) >= 11 is 6.13. The number of benzene rings is 1. The van der Waals surface area contributed by atoms with Gasteiger partial charge in [-0.1, -0.05) is 43.6 Å². The Morgan fingerprint density at radius 2 is 2.13 bits per heavy atom. The van der Waals surface area contributed by atoms with Crippen LogP contribution in [0, 0.1) is 11.3 Å². The summed E-state index contributed by atoms with van der Waals surface area (Å²) in [6.07, 6.45) is 2.00. The Hall–Kier alpha value is -0.810. The maximum absolute atomic E-state index is 12.8. The lowest BCUT2D eigenvalue weighted by molar-refractivity contribution is -0.225. The Kier molecular flexibility index (Phi) is 5.31. The molecule has 6 heteroatoms. The quantitative estimate of drug-likeness (QED) is 0.872. The average Bonchev–Trinajstić information content (AvgIpc) is 2.53. The molecule has 0 spiro atoms. The van der Waals surface area contributed by atoms with E-state index >= 15 is 0 Å². The van der Waals surface area contributed by atoms with Crippen LogP contribution in [0.5, 0.6) is 0 Å². The van der Waals surface area contributed by atoms with Gasteiger partial charge in [-0.15, -0.1) is 12.4 Å². The SMILES string of the molecule is CC1(C)C2OCCCC2C1(N)C(=O)NCc1ccccc1Cl.Cl. The molecule has 0 bridgehead atoms. The van der Waals surface area contributed by atoms with Crippen LogP contribution in [0.4, 0.5) is 0 Å². The number of hydrogen-bond donors (Lipinski definition) is 2. The molecule has 1 saturated carbocycles. The molecule has 3 N–H and O–H groups in total. The van der Waals surface area contributed by atoms with Crippen molar-refractivity contribution in [3.05, 3.63) is 34.9 Å². The van der Waals surface area contributed by atoms with Gasteiger partial charge in [-0.05, 0) is 24.5 Å². The molecule has 1 heterocycles. The number of halogens is 2. The minimum absolute atomic E-state index is 0. The number of carbonyl (C=O) groups excluding carboxylic acids is 1. The maximum Gasteiger partial charge on any atom is 0.241 e. The van der Waals surface area contributed by atoms with Gasteiger partial charge in [-0.25, -0.2) is 0 Å². The summed E-state index contributed by atoms with van der Waals surface area (Å²) in [4.78, 5) is 12.8. The fourth-order valence-corrected chi connectivity index (χ4v) is 4.20. The molecule has 1 aliphatic heterocycles. The molecule has 23 heavy (non-hydrogen) atoms. The first-order chi connectivity index (χ1) is 10.4. The first kappa shape index (κ1) is 18.5. The van der Waals surface area contributed by atoms with E-state index in [1.165, 1.54) is 0 Å². The monoisotopic (exact) mass is 358 g/mol. The molecule has 3 atom stereocenters. The first-order valence-electron chi connectivity index (χ1n) is 7.81. The summed E-state index contributed by atoms with van der Waals surface area (Å²) in [6, 6.07) is 7.50. The predicted octanol–water partition coefficient (Wildman–Crippen LogP) is 2.91. The van der Waals surface area contributed by atoms with Crippen LogP contribution in [0.15, 0.2) is 24.3 Å². The normalized spacial score (nSPS) is 31.3. The molecule has 2 fully saturated rings. The number of ether oxygens (including phenoxy) is 1. The molecule has 0 aromatic heterocycles. The van der Waals surface area contributed by atoms with Crippen molar-refractivity contribution in [1.29, 1.82) is 0 Å². The van der Waals surface area contributed by atoms with Gasteiger partial charge in [0.05, 0.1) is 6.10 Å². The largest absolute Gasteiger partial charge is 0.377 e. The van der Waals surface area contributed by atoms with Gasteiger partial charge < -0.3 is 15.8 Å². The molecular formula is C17H24Cl2N2O2. The molecule has 128 valence electrons. The van der Waals surface area contributed by atoms with E-state index in [1.54, 1.807) is 0 Å². The standard InChI is InChI=1S/C17H23ClN2O2.ClH/c1-16(2)14-12(7-5-9-22-14)17(16,19)15(21)20-10-11-6-3-4-8-13(11)18;/h3-4,6,8,12,14H,5,7,9-10,19H2,1-2H3,(H,20,21);1H. The van der Waals surface area contributed by atoms with E-state index < -0.39 is 5.54 Å². The molecule has 3 unspecified atom stereocenters. The molecule has 1 saturated heterocycles. The van der Waals surface area contributed by atoms with Crippen molar-refractivity contribution in [1.82, 2.24) is 5.32 Å². The topological polar surface area (TPSA) is 64.3 Å². The van der Waals surface area contributed by atoms with Crippen LogP contribution in [-0.4, -0.2) is 24.2 Å². The minimum atomic E-state index is -0.876.